The predicted molar refractivity (Wildman–Crippen MR) is 138 cm³/mol. The number of anilines is 1. The Balaban J connectivity index is 1.32. The van der Waals surface area contributed by atoms with Gasteiger partial charge in [-0.25, -0.2) is 4.79 Å². The van der Waals surface area contributed by atoms with Crippen LogP contribution >= 0.6 is 0 Å². The quantitative estimate of drug-likeness (QED) is 0.542. The Morgan fingerprint density at radius 3 is 2.31 bits per heavy atom. The second-order valence-electron chi connectivity index (χ2n) is 9.09. The van der Waals surface area contributed by atoms with Crippen LogP contribution in [0.5, 0.6) is 0 Å². The van der Waals surface area contributed by atoms with Crippen LogP contribution in [-0.2, 0) is 22.7 Å². The van der Waals surface area contributed by atoms with E-state index in [0.717, 1.165) is 26.9 Å². The molecule has 3 aromatic rings. The molecular weight excluding hydrogens is 458 g/mol. The molecule has 0 spiro atoms. The van der Waals surface area contributed by atoms with Gasteiger partial charge < -0.3 is 10.2 Å². The van der Waals surface area contributed by atoms with Crippen molar-refractivity contribution in [1.82, 2.24) is 18.9 Å². The monoisotopic (exact) mass is 489 g/mol. The van der Waals surface area contributed by atoms with E-state index in [9.17, 15) is 19.2 Å². The van der Waals surface area contributed by atoms with Crippen LogP contribution < -0.4 is 16.6 Å². The average Bonchev–Trinajstić information content (AvgIpc) is 2.87. The van der Waals surface area contributed by atoms with Crippen molar-refractivity contribution in [1.29, 1.82) is 0 Å². The van der Waals surface area contributed by atoms with E-state index in [0.29, 0.717) is 32.7 Å². The lowest BCUT2D eigenvalue weighted by molar-refractivity contribution is -0.133. The summed E-state index contributed by atoms with van der Waals surface area (Å²) in [5, 5.41) is 2.96. The molecule has 4 rings (SSSR count). The van der Waals surface area contributed by atoms with Gasteiger partial charge in [-0.2, -0.15) is 0 Å². The standard InChI is InChI=1S/C27H31N5O4/c1-20-7-6-10-23(21(20)2)28-24(33)18-29-13-15-30(16-14-29)26(35)19-32-25(34)11-12-31(27(32)36)17-22-8-4-3-5-9-22/h3-12H,13-19H2,1-2H3,(H,28,33). The number of carbonyl (C=O) groups is 2. The van der Waals surface area contributed by atoms with Crippen LogP contribution in [0.15, 0.2) is 70.4 Å². The highest BCUT2D eigenvalue weighted by Gasteiger charge is 2.23. The second kappa shape index (κ2) is 11.2. The summed E-state index contributed by atoms with van der Waals surface area (Å²) < 4.78 is 2.41. The average molecular weight is 490 g/mol. The fourth-order valence-corrected chi connectivity index (χ4v) is 4.27. The molecule has 1 aliphatic heterocycles. The molecule has 1 aliphatic rings. The number of amides is 2. The first-order chi connectivity index (χ1) is 17.3. The van der Waals surface area contributed by atoms with Crippen LogP contribution in [0.4, 0.5) is 5.69 Å². The first-order valence-corrected chi connectivity index (χ1v) is 12.0. The number of piperazine rings is 1. The highest BCUT2D eigenvalue weighted by Crippen LogP contribution is 2.18. The number of carbonyl (C=O) groups excluding carboxylic acids is 2. The van der Waals surface area contributed by atoms with Gasteiger partial charge in [0.05, 0.1) is 13.1 Å². The highest BCUT2D eigenvalue weighted by molar-refractivity contribution is 5.93. The van der Waals surface area contributed by atoms with E-state index >= 15 is 0 Å². The third-order valence-electron chi connectivity index (χ3n) is 6.60. The minimum atomic E-state index is -0.513. The Morgan fingerprint density at radius 2 is 1.58 bits per heavy atom. The summed E-state index contributed by atoms with van der Waals surface area (Å²) in [5.41, 5.74) is 2.87. The molecule has 1 saturated heterocycles. The Bertz CT molecular complexity index is 1350. The Hall–Kier alpha value is -3.98. The number of benzene rings is 2. The molecule has 9 nitrogen and oxygen atoms in total. The summed E-state index contributed by atoms with van der Waals surface area (Å²) in [6, 6.07) is 16.6. The molecular formula is C27H31N5O4. The van der Waals surface area contributed by atoms with Gasteiger partial charge in [-0.3, -0.25) is 28.4 Å². The van der Waals surface area contributed by atoms with E-state index in [4.69, 9.17) is 0 Å². The Kier molecular flexibility index (Phi) is 7.80. The van der Waals surface area contributed by atoms with Gasteiger partial charge in [0.1, 0.15) is 6.54 Å². The molecule has 2 heterocycles. The summed E-state index contributed by atoms with van der Waals surface area (Å²) in [6.07, 6.45) is 1.46. The van der Waals surface area contributed by atoms with Crippen LogP contribution in [-0.4, -0.2) is 63.5 Å². The number of aromatic nitrogens is 2. The lowest BCUT2D eigenvalue weighted by atomic mass is 10.1. The molecule has 0 radical (unpaired) electrons. The number of rotatable bonds is 7. The van der Waals surface area contributed by atoms with Crippen molar-refractivity contribution < 1.29 is 9.59 Å². The largest absolute Gasteiger partial charge is 0.339 e. The fourth-order valence-electron chi connectivity index (χ4n) is 4.27. The molecule has 2 amide bonds. The van der Waals surface area contributed by atoms with Gasteiger partial charge in [-0.15, -0.1) is 0 Å². The zero-order valence-corrected chi connectivity index (χ0v) is 20.6. The number of hydrogen-bond acceptors (Lipinski definition) is 5. The third kappa shape index (κ3) is 5.98. The summed E-state index contributed by atoms with van der Waals surface area (Å²) in [4.78, 5) is 54.3. The van der Waals surface area contributed by atoms with Gasteiger partial charge in [-0.05, 0) is 36.6 Å². The highest BCUT2D eigenvalue weighted by atomic mass is 16.2. The van der Waals surface area contributed by atoms with Crippen LogP contribution in [0.3, 0.4) is 0 Å². The Morgan fingerprint density at radius 1 is 0.861 bits per heavy atom. The van der Waals surface area contributed by atoms with Crippen molar-refractivity contribution >= 4 is 17.5 Å². The Labute approximate surface area is 209 Å². The maximum absolute atomic E-state index is 12.9. The van der Waals surface area contributed by atoms with Crippen molar-refractivity contribution in [3.63, 3.8) is 0 Å². The predicted octanol–water partition coefficient (Wildman–Crippen LogP) is 1.46. The topological polar surface area (TPSA) is 96.7 Å². The normalized spacial score (nSPS) is 14.0. The lowest BCUT2D eigenvalue weighted by Crippen LogP contribution is -2.52. The van der Waals surface area contributed by atoms with Crippen LogP contribution in [0.2, 0.25) is 0 Å². The first kappa shape index (κ1) is 25.1. The molecule has 0 atom stereocenters. The molecule has 0 unspecified atom stereocenters. The molecule has 188 valence electrons. The first-order valence-electron chi connectivity index (χ1n) is 12.0. The smallest absolute Gasteiger partial charge is 0.331 e. The maximum atomic E-state index is 12.9. The van der Waals surface area contributed by atoms with Crippen LogP contribution in [0.1, 0.15) is 16.7 Å². The van der Waals surface area contributed by atoms with E-state index in [1.165, 1.54) is 16.8 Å². The van der Waals surface area contributed by atoms with Crippen molar-refractivity contribution in [3.8, 4) is 0 Å². The maximum Gasteiger partial charge on any atom is 0.331 e. The van der Waals surface area contributed by atoms with Gasteiger partial charge in [0.2, 0.25) is 11.8 Å². The third-order valence-corrected chi connectivity index (χ3v) is 6.60. The number of aryl methyl sites for hydroxylation is 1. The molecule has 1 N–H and O–H groups in total. The van der Waals surface area contributed by atoms with Gasteiger partial charge >= 0.3 is 5.69 Å². The van der Waals surface area contributed by atoms with E-state index in [-0.39, 0.29) is 24.9 Å². The zero-order chi connectivity index (χ0) is 25.7. The van der Waals surface area contributed by atoms with E-state index in [1.54, 1.807) is 4.90 Å². The molecule has 1 aromatic heterocycles. The molecule has 2 aromatic carbocycles. The molecule has 0 bridgehead atoms. The second-order valence-corrected chi connectivity index (χ2v) is 9.09. The number of hydrogen-bond donors (Lipinski definition) is 1. The van der Waals surface area contributed by atoms with E-state index in [2.05, 4.69) is 5.32 Å². The van der Waals surface area contributed by atoms with E-state index < -0.39 is 11.2 Å². The molecule has 36 heavy (non-hydrogen) atoms. The summed E-state index contributed by atoms with van der Waals surface area (Å²) >= 11 is 0. The van der Waals surface area contributed by atoms with Crippen molar-refractivity contribution in [3.05, 3.63) is 98.3 Å². The van der Waals surface area contributed by atoms with Crippen molar-refractivity contribution in [2.75, 3.05) is 38.0 Å². The van der Waals surface area contributed by atoms with Gasteiger partial charge in [0.25, 0.3) is 5.56 Å². The summed E-state index contributed by atoms with van der Waals surface area (Å²) in [7, 11) is 0. The zero-order valence-electron chi connectivity index (χ0n) is 20.6. The summed E-state index contributed by atoms with van der Waals surface area (Å²) in [5.74, 6) is -0.385. The van der Waals surface area contributed by atoms with Gasteiger partial charge in [-0.1, -0.05) is 42.5 Å². The summed E-state index contributed by atoms with van der Waals surface area (Å²) in [6.45, 7) is 6.15. The van der Waals surface area contributed by atoms with E-state index in [1.807, 2.05) is 67.3 Å². The number of nitrogens with one attached hydrogen (secondary N) is 1. The molecule has 9 heteroatoms. The van der Waals surface area contributed by atoms with Crippen molar-refractivity contribution in [2.24, 2.45) is 0 Å². The van der Waals surface area contributed by atoms with Gasteiger partial charge in [0.15, 0.2) is 0 Å². The molecule has 0 aliphatic carbocycles. The SMILES string of the molecule is Cc1cccc(NC(=O)CN2CCN(C(=O)Cn3c(=O)ccn(Cc4ccccc4)c3=O)CC2)c1C. The van der Waals surface area contributed by atoms with Crippen LogP contribution in [0, 0.1) is 13.8 Å². The lowest BCUT2D eigenvalue weighted by Gasteiger charge is -2.34. The van der Waals surface area contributed by atoms with Gasteiger partial charge in [0, 0.05) is 44.1 Å². The minimum Gasteiger partial charge on any atom is -0.339 e. The molecule has 0 saturated carbocycles. The number of nitrogens with zero attached hydrogens (tertiary/aromatic N) is 4. The van der Waals surface area contributed by atoms with Crippen LogP contribution in [0.25, 0.3) is 0 Å². The minimum absolute atomic E-state index is 0.0988. The fraction of sp³-hybridized carbons (Fsp3) is 0.333. The molecule has 1 fully saturated rings. The van der Waals surface area contributed by atoms with Crippen molar-refractivity contribution in [2.45, 2.75) is 26.9 Å².